The first kappa shape index (κ1) is 21.8. The van der Waals surface area contributed by atoms with Crippen LogP contribution in [0.5, 0.6) is 5.75 Å². The Morgan fingerprint density at radius 2 is 1.71 bits per heavy atom. The SMILES string of the molecule is CCCCOC(=O)c1ccc(NC(=O)C(C)Oc2cc(C)c(Cl)c(C)c2)cc1. The number of rotatable bonds is 8. The number of carbonyl (C=O) groups is 2. The first-order chi connectivity index (χ1) is 13.3. The fraction of sp³-hybridized carbons (Fsp3) is 0.364. The van der Waals surface area contributed by atoms with Crippen molar-refractivity contribution in [1.82, 2.24) is 0 Å². The summed E-state index contributed by atoms with van der Waals surface area (Å²) in [6.45, 7) is 7.90. The lowest BCUT2D eigenvalue weighted by Gasteiger charge is -2.16. The van der Waals surface area contributed by atoms with Crippen molar-refractivity contribution < 1.29 is 19.1 Å². The molecule has 6 heteroatoms. The van der Waals surface area contributed by atoms with E-state index < -0.39 is 6.10 Å². The van der Waals surface area contributed by atoms with E-state index in [4.69, 9.17) is 21.1 Å². The van der Waals surface area contributed by atoms with Crippen LogP contribution in [-0.4, -0.2) is 24.6 Å². The fourth-order valence-electron chi connectivity index (χ4n) is 2.56. The molecule has 28 heavy (non-hydrogen) atoms. The van der Waals surface area contributed by atoms with Gasteiger partial charge in [-0.2, -0.15) is 0 Å². The zero-order valence-electron chi connectivity index (χ0n) is 16.7. The van der Waals surface area contributed by atoms with Crippen LogP contribution in [0.4, 0.5) is 5.69 Å². The highest BCUT2D eigenvalue weighted by atomic mass is 35.5. The smallest absolute Gasteiger partial charge is 0.338 e. The van der Waals surface area contributed by atoms with E-state index in [0.717, 1.165) is 24.0 Å². The largest absolute Gasteiger partial charge is 0.481 e. The number of anilines is 1. The third-order valence-electron chi connectivity index (χ3n) is 4.21. The van der Waals surface area contributed by atoms with E-state index in [0.29, 0.717) is 28.6 Å². The standard InChI is InChI=1S/C22H26ClNO4/c1-5-6-11-27-22(26)17-7-9-18(10-8-17)24-21(25)16(4)28-19-12-14(2)20(23)15(3)13-19/h7-10,12-13,16H,5-6,11H2,1-4H3,(H,24,25). The van der Waals surface area contributed by atoms with Crippen molar-refractivity contribution >= 4 is 29.2 Å². The molecule has 0 saturated carbocycles. The van der Waals surface area contributed by atoms with Crippen molar-refractivity contribution in [2.75, 3.05) is 11.9 Å². The number of esters is 1. The second kappa shape index (κ2) is 10.1. The van der Waals surface area contributed by atoms with E-state index in [1.54, 1.807) is 43.3 Å². The number of unbranched alkanes of at least 4 members (excludes halogenated alkanes) is 1. The van der Waals surface area contributed by atoms with Crippen LogP contribution in [0.25, 0.3) is 0 Å². The Balaban J connectivity index is 1.94. The molecular formula is C22H26ClNO4. The summed E-state index contributed by atoms with van der Waals surface area (Å²) < 4.78 is 10.9. The van der Waals surface area contributed by atoms with Gasteiger partial charge in [0.1, 0.15) is 5.75 Å². The van der Waals surface area contributed by atoms with Crippen LogP contribution in [-0.2, 0) is 9.53 Å². The van der Waals surface area contributed by atoms with E-state index in [1.165, 1.54) is 0 Å². The molecule has 0 aliphatic carbocycles. The highest BCUT2D eigenvalue weighted by Gasteiger charge is 2.16. The molecule has 0 fully saturated rings. The fourth-order valence-corrected chi connectivity index (χ4v) is 2.67. The second-order valence-corrected chi connectivity index (χ2v) is 7.07. The zero-order valence-corrected chi connectivity index (χ0v) is 17.4. The van der Waals surface area contributed by atoms with Gasteiger partial charge in [0.25, 0.3) is 5.91 Å². The summed E-state index contributed by atoms with van der Waals surface area (Å²) in [5.41, 5.74) is 2.82. The van der Waals surface area contributed by atoms with Gasteiger partial charge in [-0.15, -0.1) is 0 Å². The van der Waals surface area contributed by atoms with Crippen molar-refractivity contribution in [1.29, 1.82) is 0 Å². The first-order valence-corrected chi connectivity index (χ1v) is 9.71. The lowest BCUT2D eigenvalue weighted by atomic mass is 10.1. The predicted octanol–water partition coefficient (Wildman–Crippen LogP) is 5.32. The van der Waals surface area contributed by atoms with Gasteiger partial charge >= 0.3 is 5.97 Å². The molecule has 0 saturated heterocycles. The maximum absolute atomic E-state index is 12.4. The van der Waals surface area contributed by atoms with Crippen LogP contribution in [0.3, 0.4) is 0 Å². The van der Waals surface area contributed by atoms with Gasteiger partial charge in [-0.25, -0.2) is 4.79 Å². The van der Waals surface area contributed by atoms with Gasteiger partial charge in [0.15, 0.2) is 6.10 Å². The summed E-state index contributed by atoms with van der Waals surface area (Å²) in [7, 11) is 0. The molecule has 0 aliphatic heterocycles. The Bertz CT molecular complexity index is 810. The predicted molar refractivity (Wildman–Crippen MR) is 111 cm³/mol. The molecular weight excluding hydrogens is 378 g/mol. The molecule has 0 aromatic heterocycles. The molecule has 2 rings (SSSR count). The van der Waals surface area contributed by atoms with Gasteiger partial charge in [0, 0.05) is 10.7 Å². The zero-order chi connectivity index (χ0) is 20.7. The van der Waals surface area contributed by atoms with Crippen LogP contribution in [0.1, 0.15) is 48.2 Å². The van der Waals surface area contributed by atoms with Crippen molar-refractivity contribution in [3.05, 3.63) is 58.1 Å². The first-order valence-electron chi connectivity index (χ1n) is 9.33. The number of amides is 1. The summed E-state index contributed by atoms with van der Waals surface area (Å²) in [6.07, 6.45) is 1.11. The molecule has 1 unspecified atom stereocenters. The Morgan fingerprint density at radius 1 is 1.11 bits per heavy atom. The molecule has 0 bridgehead atoms. The number of aryl methyl sites for hydroxylation is 2. The Morgan fingerprint density at radius 3 is 2.29 bits per heavy atom. The number of hydrogen-bond donors (Lipinski definition) is 1. The molecule has 0 spiro atoms. The van der Waals surface area contributed by atoms with E-state index in [9.17, 15) is 9.59 Å². The normalized spacial score (nSPS) is 11.6. The molecule has 0 heterocycles. The molecule has 2 aromatic rings. The van der Waals surface area contributed by atoms with Crippen molar-refractivity contribution in [3.8, 4) is 5.75 Å². The maximum Gasteiger partial charge on any atom is 0.338 e. The third-order valence-corrected chi connectivity index (χ3v) is 4.81. The third kappa shape index (κ3) is 5.99. The quantitative estimate of drug-likeness (QED) is 0.478. The van der Waals surface area contributed by atoms with Gasteiger partial charge in [-0.05, 0) is 74.7 Å². The second-order valence-electron chi connectivity index (χ2n) is 6.69. The number of benzene rings is 2. The van der Waals surface area contributed by atoms with E-state index >= 15 is 0 Å². The molecule has 0 radical (unpaired) electrons. The monoisotopic (exact) mass is 403 g/mol. The minimum atomic E-state index is -0.696. The van der Waals surface area contributed by atoms with Crippen LogP contribution in [0.15, 0.2) is 36.4 Å². The summed E-state index contributed by atoms with van der Waals surface area (Å²) >= 11 is 6.16. The maximum atomic E-state index is 12.4. The average molecular weight is 404 g/mol. The number of halogens is 1. The molecule has 1 amide bonds. The number of ether oxygens (including phenoxy) is 2. The van der Waals surface area contributed by atoms with E-state index in [1.807, 2.05) is 20.8 Å². The lowest BCUT2D eigenvalue weighted by Crippen LogP contribution is -2.30. The van der Waals surface area contributed by atoms with Gasteiger partial charge in [-0.1, -0.05) is 24.9 Å². The Kier molecular flexibility index (Phi) is 7.88. The van der Waals surface area contributed by atoms with Gasteiger partial charge in [-0.3, -0.25) is 4.79 Å². The average Bonchev–Trinajstić information content (AvgIpc) is 2.66. The van der Waals surface area contributed by atoms with Crippen molar-refractivity contribution in [3.63, 3.8) is 0 Å². The van der Waals surface area contributed by atoms with Crippen molar-refractivity contribution in [2.24, 2.45) is 0 Å². The highest BCUT2D eigenvalue weighted by molar-refractivity contribution is 6.32. The van der Waals surface area contributed by atoms with Crippen LogP contribution in [0.2, 0.25) is 5.02 Å². The minimum Gasteiger partial charge on any atom is -0.481 e. The molecule has 1 atom stereocenters. The van der Waals surface area contributed by atoms with E-state index in [2.05, 4.69) is 5.32 Å². The number of nitrogens with one attached hydrogen (secondary N) is 1. The summed E-state index contributed by atoms with van der Waals surface area (Å²) in [4.78, 5) is 24.3. The Hall–Kier alpha value is -2.53. The summed E-state index contributed by atoms with van der Waals surface area (Å²) in [6, 6.07) is 10.2. The number of hydrogen-bond acceptors (Lipinski definition) is 4. The van der Waals surface area contributed by atoms with Crippen molar-refractivity contribution in [2.45, 2.75) is 46.6 Å². The number of carbonyl (C=O) groups excluding carboxylic acids is 2. The summed E-state index contributed by atoms with van der Waals surface area (Å²) in [5, 5.41) is 3.47. The van der Waals surface area contributed by atoms with Crippen LogP contribution < -0.4 is 10.1 Å². The summed E-state index contributed by atoms with van der Waals surface area (Å²) in [5.74, 6) is -0.0627. The molecule has 1 N–H and O–H groups in total. The van der Waals surface area contributed by atoms with Crippen LogP contribution >= 0.6 is 11.6 Å². The van der Waals surface area contributed by atoms with Gasteiger partial charge < -0.3 is 14.8 Å². The topological polar surface area (TPSA) is 64.6 Å². The van der Waals surface area contributed by atoms with Gasteiger partial charge in [0.2, 0.25) is 0 Å². The van der Waals surface area contributed by atoms with Gasteiger partial charge in [0.05, 0.1) is 12.2 Å². The van der Waals surface area contributed by atoms with E-state index in [-0.39, 0.29) is 11.9 Å². The highest BCUT2D eigenvalue weighted by Crippen LogP contribution is 2.26. The molecule has 2 aromatic carbocycles. The molecule has 150 valence electrons. The molecule has 0 aliphatic rings. The van der Waals surface area contributed by atoms with Crippen LogP contribution in [0, 0.1) is 13.8 Å². The molecule has 5 nitrogen and oxygen atoms in total. The minimum absolute atomic E-state index is 0.288. The Labute approximate surface area is 171 Å². The lowest BCUT2D eigenvalue weighted by molar-refractivity contribution is -0.122.